The van der Waals surface area contributed by atoms with Crippen LogP contribution in [0.1, 0.15) is 37.7 Å². The lowest BCUT2D eigenvalue weighted by atomic mass is 10.1. The van der Waals surface area contributed by atoms with E-state index in [0.29, 0.717) is 35.5 Å². The molecule has 0 aliphatic carbocycles. The summed E-state index contributed by atoms with van der Waals surface area (Å²) < 4.78 is 11.5. The predicted octanol–water partition coefficient (Wildman–Crippen LogP) is 2.06. The van der Waals surface area contributed by atoms with E-state index >= 15 is 0 Å². The first kappa shape index (κ1) is 25.7. The Labute approximate surface area is 203 Å². The van der Waals surface area contributed by atoms with Crippen LogP contribution in [-0.4, -0.2) is 33.7 Å². The van der Waals surface area contributed by atoms with Crippen molar-refractivity contribution in [3.8, 4) is 23.8 Å². The molecule has 0 atom stereocenters. The van der Waals surface area contributed by atoms with E-state index in [-0.39, 0.29) is 12.2 Å². The number of hydroxylamine groups is 1. The van der Waals surface area contributed by atoms with Crippen molar-refractivity contribution in [2.24, 2.45) is 17.2 Å². The Morgan fingerprint density at radius 1 is 1.09 bits per heavy atom. The van der Waals surface area contributed by atoms with Gasteiger partial charge in [0.05, 0.1) is 12.1 Å². The average molecular weight is 480 g/mol. The van der Waals surface area contributed by atoms with Crippen LogP contribution in [0.4, 0.5) is 11.5 Å². The van der Waals surface area contributed by atoms with E-state index in [9.17, 15) is 4.79 Å². The highest BCUT2D eigenvalue weighted by Crippen LogP contribution is 2.35. The zero-order valence-electron chi connectivity index (χ0n) is 19.2. The molecule has 3 rings (SSSR count). The summed E-state index contributed by atoms with van der Waals surface area (Å²) in [5.74, 6) is 1.45. The average Bonchev–Trinajstić information content (AvgIpc) is 2.83. The maximum atomic E-state index is 11.1. The number of amides is 1. The fourth-order valence-corrected chi connectivity index (χ4v) is 3.35. The summed E-state index contributed by atoms with van der Waals surface area (Å²) in [4.78, 5) is 19.7. The van der Waals surface area contributed by atoms with Gasteiger partial charge >= 0.3 is 0 Å². The molecule has 0 bridgehead atoms. The molecule has 11 heteroatoms. The standard InChI is InChI=1S/C24H29N7O4/c1-2-16-8-7-9-17(12-16)30-23-18-13-20(34-11-6-4-3-5-10-22(32)31-33)21(35-24(25,26)27)14-19(18)28-15-29-23/h1,7-9,12-15,33H,3-6,10-11,25-27H2,(H,31,32)(H,28,29,30). The van der Waals surface area contributed by atoms with Crippen LogP contribution in [0.5, 0.6) is 11.5 Å². The summed E-state index contributed by atoms with van der Waals surface area (Å²) in [5, 5.41) is 12.5. The van der Waals surface area contributed by atoms with Crippen molar-refractivity contribution in [2.75, 3.05) is 11.9 Å². The van der Waals surface area contributed by atoms with E-state index in [2.05, 4.69) is 21.2 Å². The maximum absolute atomic E-state index is 11.1. The Hall–Kier alpha value is -3.95. The van der Waals surface area contributed by atoms with E-state index < -0.39 is 11.9 Å². The molecule has 1 amide bonds. The number of nitrogens with zero attached hydrogens (tertiary/aromatic N) is 2. The number of benzene rings is 2. The highest BCUT2D eigenvalue weighted by atomic mass is 16.6. The number of unbranched alkanes of at least 4 members (excludes halogenated alkanes) is 3. The Morgan fingerprint density at radius 3 is 2.63 bits per heavy atom. The van der Waals surface area contributed by atoms with Crippen LogP contribution >= 0.6 is 0 Å². The minimum Gasteiger partial charge on any atom is -0.490 e. The minimum atomic E-state index is -1.91. The van der Waals surface area contributed by atoms with Crippen LogP contribution in [0.3, 0.4) is 0 Å². The molecule has 0 saturated carbocycles. The van der Waals surface area contributed by atoms with E-state index in [1.165, 1.54) is 6.33 Å². The molecular formula is C24H29N7O4. The zero-order chi connectivity index (χ0) is 25.3. The van der Waals surface area contributed by atoms with E-state index in [1.807, 2.05) is 24.3 Å². The molecule has 2 aromatic carbocycles. The van der Waals surface area contributed by atoms with Gasteiger partial charge in [0.15, 0.2) is 11.5 Å². The second-order valence-electron chi connectivity index (χ2n) is 7.89. The fraction of sp³-hybridized carbons (Fsp3) is 0.292. The van der Waals surface area contributed by atoms with Crippen molar-refractivity contribution in [2.45, 2.75) is 38.1 Å². The monoisotopic (exact) mass is 479 g/mol. The molecule has 1 aromatic heterocycles. The third-order valence-corrected chi connectivity index (χ3v) is 4.96. The summed E-state index contributed by atoms with van der Waals surface area (Å²) >= 11 is 0. The Bertz CT molecular complexity index is 1200. The van der Waals surface area contributed by atoms with Gasteiger partial charge in [0.2, 0.25) is 5.91 Å². The molecule has 0 radical (unpaired) electrons. The molecule has 184 valence electrons. The van der Waals surface area contributed by atoms with Gasteiger partial charge in [-0.15, -0.1) is 6.42 Å². The van der Waals surface area contributed by atoms with Gasteiger partial charge in [-0.25, -0.2) is 15.4 Å². The van der Waals surface area contributed by atoms with Crippen LogP contribution in [0.15, 0.2) is 42.7 Å². The van der Waals surface area contributed by atoms with Gasteiger partial charge in [0, 0.05) is 29.1 Å². The summed E-state index contributed by atoms with van der Waals surface area (Å²) in [6.45, 7) is 0.376. The maximum Gasteiger partial charge on any atom is 0.271 e. The van der Waals surface area contributed by atoms with Crippen molar-refractivity contribution < 1.29 is 19.5 Å². The number of terminal acetylenes is 1. The smallest absolute Gasteiger partial charge is 0.271 e. The van der Waals surface area contributed by atoms with Crippen molar-refractivity contribution in [1.82, 2.24) is 15.4 Å². The summed E-state index contributed by atoms with van der Waals surface area (Å²) in [6.07, 6.45) is 10.2. The normalized spacial score (nSPS) is 11.1. The number of carbonyl (C=O) groups is 1. The molecule has 11 nitrogen and oxygen atoms in total. The molecular weight excluding hydrogens is 450 g/mol. The number of rotatable bonds is 12. The van der Waals surface area contributed by atoms with Gasteiger partial charge in [-0.3, -0.25) is 27.2 Å². The molecule has 0 aliphatic heterocycles. The molecule has 0 spiro atoms. The van der Waals surface area contributed by atoms with Crippen LogP contribution < -0.4 is 37.5 Å². The van der Waals surface area contributed by atoms with E-state index in [1.54, 1.807) is 17.6 Å². The summed E-state index contributed by atoms with van der Waals surface area (Å²) in [7, 11) is 0. The fourth-order valence-electron chi connectivity index (χ4n) is 3.35. The van der Waals surface area contributed by atoms with Gasteiger partial charge in [-0.2, -0.15) is 0 Å². The first-order valence-corrected chi connectivity index (χ1v) is 11.0. The summed E-state index contributed by atoms with van der Waals surface area (Å²) in [5.41, 5.74) is 20.6. The van der Waals surface area contributed by atoms with E-state index in [0.717, 1.165) is 30.5 Å². The van der Waals surface area contributed by atoms with Crippen LogP contribution in [-0.2, 0) is 4.79 Å². The van der Waals surface area contributed by atoms with E-state index in [4.69, 9.17) is 38.3 Å². The summed E-state index contributed by atoms with van der Waals surface area (Å²) in [6, 6.07) is 10.7. The highest BCUT2D eigenvalue weighted by Gasteiger charge is 2.19. The van der Waals surface area contributed by atoms with Gasteiger partial charge in [0.25, 0.3) is 5.97 Å². The molecule has 1 heterocycles. The molecule has 9 N–H and O–H groups in total. The number of hydrogen-bond donors (Lipinski definition) is 6. The number of ether oxygens (including phenoxy) is 2. The van der Waals surface area contributed by atoms with Gasteiger partial charge in [0.1, 0.15) is 12.1 Å². The number of aromatic nitrogens is 2. The number of hydrogen-bond acceptors (Lipinski definition) is 10. The van der Waals surface area contributed by atoms with Crippen LogP contribution in [0.2, 0.25) is 0 Å². The Morgan fingerprint density at radius 2 is 1.89 bits per heavy atom. The lowest BCUT2D eigenvalue weighted by Crippen LogP contribution is -2.62. The van der Waals surface area contributed by atoms with Gasteiger partial charge in [-0.1, -0.05) is 24.8 Å². The number of fused-ring (bicyclic) bond motifs is 1. The molecule has 35 heavy (non-hydrogen) atoms. The first-order chi connectivity index (χ1) is 16.8. The number of anilines is 2. The lowest BCUT2D eigenvalue weighted by molar-refractivity contribution is -0.129. The zero-order valence-corrected chi connectivity index (χ0v) is 19.2. The molecule has 0 saturated heterocycles. The molecule has 0 unspecified atom stereocenters. The molecule has 0 fully saturated rings. The van der Waals surface area contributed by atoms with Gasteiger partial charge < -0.3 is 14.8 Å². The predicted molar refractivity (Wildman–Crippen MR) is 132 cm³/mol. The van der Waals surface area contributed by atoms with Crippen molar-refractivity contribution in [3.05, 3.63) is 48.3 Å². The number of nitrogens with two attached hydrogens (primary N) is 3. The van der Waals surface area contributed by atoms with Crippen molar-refractivity contribution in [3.63, 3.8) is 0 Å². The second kappa shape index (κ2) is 12.0. The SMILES string of the molecule is C#Cc1cccc(Nc2ncnc3cc(OC(N)(N)N)c(OCCCCCCC(=O)NO)cc23)c1. The minimum absolute atomic E-state index is 0.239. The van der Waals surface area contributed by atoms with Crippen LogP contribution in [0, 0.1) is 12.3 Å². The number of nitrogens with one attached hydrogen (secondary N) is 2. The third-order valence-electron chi connectivity index (χ3n) is 4.96. The topological polar surface area (TPSA) is 184 Å². The third kappa shape index (κ3) is 7.80. The van der Waals surface area contributed by atoms with Crippen molar-refractivity contribution in [1.29, 1.82) is 0 Å². The highest BCUT2D eigenvalue weighted by molar-refractivity contribution is 5.93. The molecule has 3 aromatic rings. The first-order valence-electron chi connectivity index (χ1n) is 11.0. The van der Waals surface area contributed by atoms with Gasteiger partial charge in [-0.05, 0) is 37.1 Å². The van der Waals surface area contributed by atoms with Crippen LogP contribution in [0.25, 0.3) is 10.9 Å². The number of carbonyl (C=O) groups excluding carboxylic acids is 1. The second-order valence-corrected chi connectivity index (χ2v) is 7.89. The Balaban J connectivity index is 1.78. The largest absolute Gasteiger partial charge is 0.490 e. The van der Waals surface area contributed by atoms with Crippen molar-refractivity contribution >= 4 is 28.3 Å². The lowest BCUT2D eigenvalue weighted by Gasteiger charge is -2.22. The molecule has 0 aliphatic rings. The quantitative estimate of drug-likeness (QED) is 0.0738. The Kier molecular flexibility index (Phi) is 8.77.